The van der Waals surface area contributed by atoms with E-state index >= 15 is 0 Å². The number of ether oxygens (including phenoxy) is 1. The van der Waals surface area contributed by atoms with Gasteiger partial charge in [-0.05, 0) is 42.0 Å². The van der Waals surface area contributed by atoms with Gasteiger partial charge >= 0.3 is 5.97 Å². The minimum absolute atomic E-state index is 0.196. The molecule has 0 bridgehead atoms. The minimum Gasteiger partial charge on any atom is -0.452 e. The quantitative estimate of drug-likeness (QED) is 0.781. The lowest BCUT2D eigenvalue weighted by atomic mass is 10.0. The van der Waals surface area contributed by atoms with Crippen LogP contribution in [0.3, 0.4) is 0 Å². The first kappa shape index (κ1) is 15.1. The molecule has 2 atom stereocenters. The fourth-order valence-electron chi connectivity index (χ4n) is 2.38. The molecule has 1 aliphatic heterocycles. The Balaban J connectivity index is 1.92. The van der Waals surface area contributed by atoms with Crippen molar-refractivity contribution in [3.05, 3.63) is 75.7 Å². The lowest BCUT2D eigenvalue weighted by molar-refractivity contribution is -0.139. The van der Waals surface area contributed by atoms with Crippen molar-refractivity contribution >= 4 is 39.2 Å². The zero-order chi connectivity index (χ0) is 15.5. The van der Waals surface area contributed by atoms with Crippen molar-refractivity contribution in [3.8, 4) is 0 Å². The molecule has 0 spiro atoms. The number of halogens is 2. The molecular formula is C17H13BrClNO2. The molecule has 2 aromatic carbocycles. The normalized spacial score (nSPS) is 18.1. The Kier molecular flexibility index (Phi) is 4.50. The highest BCUT2D eigenvalue weighted by molar-refractivity contribution is 9.10. The van der Waals surface area contributed by atoms with Crippen LogP contribution in [0.1, 0.15) is 11.6 Å². The predicted octanol–water partition coefficient (Wildman–Crippen LogP) is 4.74. The number of carbonyl (C=O) groups excluding carboxylic acids is 1. The summed E-state index contributed by atoms with van der Waals surface area (Å²) in [6, 6.07) is 15.2. The molecular weight excluding hydrogens is 366 g/mol. The average Bonchev–Trinajstić information content (AvgIpc) is 2.91. The molecule has 1 N–H and O–H groups in total. The Morgan fingerprint density at radius 1 is 1.18 bits per heavy atom. The molecule has 0 unspecified atom stereocenters. The number of hydrogen-bond donors (Lipinski definition) is 1. The van der Waals surface area contributed by atoms with E-state index in [1.807, 2.05) is 48.5 Å². The zero-order valence-corrected chi connectivity index (χ0v) is 13.8. The fraction of sp³-hybridized carbons (Fsp3) is 0.118. The first-order valence-corrected chi connectivity index (χ1v) is 7.95. The molecule has 112 valence electrons. The molecule has 2 aromatic rings. The summed E-state index contributed by atoms with van der Waals surface area (Å²) in [5.74, 6) is -0.321. The van der Waals surface area contributed by atoms with E-state index in [1.165, 1.54) is 6.08 Å². The van der Waals surface area contributed by atoms with Crippen LogP contribution in [-0.2, 0) is 9.53 Å². The van der Waals surface area contributed by atoms with Crippen molar-refractivity contribution in [2.75, 3.05) is 5.32 Å². The van der Waals surface area contributed by atoms with Gasteiger partial charge in [-0.1, -0.05) is 45.7 Å². The summed E-state index contributed by atoms with van der Waals surface area (Å²) in [7, 11) is 0. The molecule has 3 rings (SSSR count). The van der Waals surface area contributed by atoms with Crippen molar-refractivity contribution < 1.29 is 9.53 Å². The molecule has 1 aliphatic rings. The third-order valence-corrected chi connectivity index (χ3v) is 4.09. The Morgan fingerprint density at radius 2 is 2.00 bits per heavy atom. The summed E-state index contributed by atoms with van der Waals surface area (Å²) in [5.41, 5.74) is 1.88. The van der Waals surface area contributed by atoms with E-state index < -0.39 is 0 Å². The smallest absolute Gasteiger partial charge is 0.331 e. The maximum Gasteiger partial charge on any atom is 0.331 e. The number of cyclic esters (lactones) is 1. The summed E-state index contributed by atoms with van der Waals surface area (Å²) in [5, 5.41) is 4.04. The van der Waals surface area contributed by atoms with Crippen molar-refractivity contribution in [2.24, 2.45) is 0 Å². The van der Waals surface area contributed by atoms with Gasteiger partial charge in [-0.3, -0.25) is 0 Å². The van der Waals surface area contributed by atoms with Gasteiger partial charge in [0.25, 0.3) is 0 Å². The van der Waals surface area contributed by atoms with Crippen LogP contribution in [0.2, 0.25) is 5.02 Å². The number of nitrogens with one attached hydrogen (secondary N) is 1. The van der Waals surface area contributed by atoms with E-state index in [9.17, 15) is 4.79 Å². The molecule has 0 aliphatic carbocycles. The SMILES string of the molecule is O=C1C=C[C@@H]([C@H](Nc2cccc(Cl)c2)c2cccc(Br)c2)O1. The Morgan fingerprint density at radius 3 is 2.68 bits per heavy atom. The van der Waals surface area contributed by atoms with Crippen molar-refractivity contribution in [1.29, 1.82) is 0 Å². The highest BCUT2D eigenvalue weighted by atomic mass is 79.9. The average molecular weight is 379 g/mol. The molecule has 3 nitrogen and oxygen atoms in total. The first-order chi connectivity index (χ1) is 10.6. The highest BCUT2D eigenvalue weighted by Crippen LogP contribution is 2.30. The number of carbonyl (C=O) groups is 1. The minimum atomic E-state index is -0.360. The van der Waals surface area contributed by atoms with E-state index in [1.54, 1.807) is 6.08 Å². The van der Waals surface area contributed by atoms with Crippen LogP contribution in [-0.4, -0.2) is 12.1 Å². The number of esters is 1. The number of rotatable bonds is 4. The van der Waals surface area contributed by atoms with Gasteiger partial charge in [-0.15, -0.1) is 0 Å². The molecule has 0 fully saturated rings. The summed E-state index contributed by atoms with van der Waals surface area (Å²) in [6.45, 7) is 0. The van der Waals surface area contributed by atoms with Crippen molar-refractivity contribution in [2.45, 2.75) is 12.1 Å². The maximum absolute atomic E-state index is 11.4. The zero-order valence-electron chi connectivity index (χ0n) is 11.5. The third-order valence-electron chi connectivity index (χ3n) is 3.36. The van der Waals surface area contributed by atoms with E-state index in [-0.39, 0.29) is 18.1 Å². The van der Waals surface area contributed by atoms with Gasteiger partial charge in [0.05, 0.1) is 6.04 Å². The number of anilines is 1. The fourth-order valence-corrected chi connectivity index (χ4v) is 2.99. The monoisotopic (exact) mass is 377 g/mol. The van der Waals surface area contributed by atoms with Gasteiger partial charge in [0.2, 0.25) is 0 Å². The number of hydrogen-bond acceptors (Lipinski definition) is 3. The Bertz CT molecular complexity index is 732. The molecule has 0 radical (unpaired) electrons. The standard InChI is InChI=1S/C17H13BrClNO2/c18-12-4-1-3-11(9-12)17(15-7-8-16(21)22-15)20-14-6-2-5-13(19)10-14/h1-10,15,17,20H/t15-,17+/m0/s1. The molecule has 0 saturated heterocycles. The van der Waals surface area contributed by atoms with E-state index in [0.717, 1.165) is 15.7 Å². The Hall–Kier alpha value is -1.78. The molecule has 5 heteroatoms. The van der Waals surface area contributed by atoms with Gasteiger partial charge in [0.15, 0.2) is 0 Å². The third kappa shape index (κ3) is 3.51. The predicted molar refractivity (Wildman–Crippen MR) is 91.0 cm³/mol. The molecule has 0 saturated carbocycles. The summed E-state index contributed by atoms with van der Waals surface area (Å²) in [4.78, 5) is 11.4. The van der Waals surface area contributed by atoms with Crippen molar-refractivity contribution in [3.63, 3.8) is 0 Å². The first-order valence-electron chi connectivity index (χ1n) is 6.78. The van der Waals surface area contributed by atoms with Gasteiger partial charge in [0, 0.05) is 21.3 Å². The molecule has 1 heterocycles. The molecule has 22 heavy (non-hydrogen) atoms. The van der Waals surface area contributed by atoms with Crippen LogP contribution in [0.15, 0.2) is 65.2 Å². The van der Waals surface area contributed by atoms with E-state index in [4.69, 9.17) is 16.3 Å². The van der Waals surface area contributed by atoms with Gasteiger partial charge in [0.1, 0.15) is 6.10 Å². The van der Waals surface area contributed by atoms with Crippen LogP contribution in [0.4, 0.5) is 5.69 Å². The van der Waals surface area contributed by atoms with Crippen LogP contribution in [0.25, 0.3) is 0 Å². The van der Waals surface area contributed by atoms with Gasteiger partial charge in [-0.25, -0.2) is 4.79 Å². The second kappa shape index (κ2) is 6.55. The van der Waals surface area contributed by atoms with Crippen LogP contribution in [0, 0.1) is 0 Å². The van der Waals surface area contributed by atoms with Gasteiger partial charge < -0.3 is 10.1 Å². The van der Waals surface area contributed by atoms with Crippen LogP contribution < -0.4 is 5.32 Å². The van der Waals surface area contributed by atoms with E-state index in [0.29, 0.717) is 5.02 Å². The highest BCUT2D eigenvalue weighted by Gasteiger charge is 2.28. The van der Waals surface area contributed by atoms with E-state index in [2.05, 4.69) is 21.2 Å². The lowest BCUT2D eigenvalue weighted by Crippen LogP contribution is -2.25. The largest absolute Gasteiger partial charge is 0.452 e. The lowest BCUT2D eigenvalue weighted by Gasteiger charge is -2.25. The van der Waals surface area contributed by atoms with Gasteiger partial charge in [-0.2, -0.15) is 0 Å². The number of benzene rings is 2. The maximum atomic E-state index is 11.4. The van der Waals surface area contributed by atoms with Crippen LogP contribution in [0.5, 0.6) is 0 Å². The van der Waals surface area contributed by atoms with Crippen LogP contribution >= 0.6 is 27.5 Å². The second-order valence-electron chi connectivity index (χ2n) is 4.95. The molecule has 0 amide bonds. The topological polar surface area (TPSA) is 38.3 Å². The molecule has 0 aromatic heterocycles. The van der Waals surface area contributed by atoms with Crippen molar-refractivity contribution in [1.82, 2.24) is 0 Å². The summed E-state index contributed by atoms with van der Waals surface area (Å²) in [6.07, 6.45) is 2.86. The Labute approximate surface area is 142 Å². The summed E-state index contributed by atoms with van der Waals surface area (Å²) >= 11 is 9.51. The summed E-state index contributed by atoms with van der Waals surface area (Å²) < 4.78 is 6.33. The second-order valence-corrected chi connectivity index (χ2v) is 6.30.